The maximum Gasteiger partial charge on any atom is 0.631 e. The van der Waals surface area contributed by atoms with Crippen molar-refractivity contribution in [1.29, 1.82) is 0 Å². The van der Waals surface area contributed by atoms with E-state index in [0.717, 1.165) is 4.31 Å². The fourth-order valence-corrected chi connectivity index (χ4v) is 2.46. The first kappa shape index (κ1) is 13.4. The highest BCUT2D eigenvalue weighted by Crippen LogP contribution is 2.30. The average molecular weight is 280 g/mol. The molecule has 1 rings (SSSR count). The zero-order valence-corrected chi connectivity index (χ0v) is 11.3. The third-order valence-corrected chi connectivity index (χ3v) is 4.23. The Hall–Kier alpha value is -0.620. The largest absolute Gasteiger partial charge is 0.631 e. The molecule has 0 aromatic heterocycles. The molecular formula is C8H11NO4PS2+. The molecule has 0 aliphatic heterocycles. The summed E-state index contributed by atoms with van der Waals surface area (Å²) in [6, 6.07) is 5.63. The Morgan fingerprint density at radius 1 is 1.25 bits per heavy atom. The van der Waals surface area contributed by atoms with Crippen molar-refractivity contribution in [2.24, 2.45) is 0 Å². The molecule has 1 atom stereocenters. The molecule has 5 nitrogen and oxygen atoms in total. The van der Waals surface area contributed by atoms with Crippen LogP contribution < -0.4 is 4.52 Å². The molecule has 1 unspecified atom stereocenters. The third-order valence-electron chi connectivity index (χ3n) is 1.79. The minimum absolute atomic E-state index is 0.152. The Kier molecular flexibility index (Phi) is 4.32. The quantitative estimate of drug-likeness (QED) is 0.676. The molecule has 8 heteroatoms. The molecule has 0 aliphatic carbocycles. The van der Waals surface area contributed by atoms with E-state index < -0.39 is 17.3 Å². The summed E-state index contributed by atoms with van der Waals surface area (Å²) in [6.45, 7) is 0. The van der Waals surface area contributed by atoms with E-state index in [9.17, 15) is 13.0 Å². The Morgan fingerprint density at radius 2 is 1.75 bits per heavy atom. The maximum absolute atomic E-state index is 11.7. The molecule has 1 aromatic rings. The Balaban J connectivity index is 3.00. The maximum atomic E-state index is 11.7. The lowest BCUT2D eigenvalue weighted by Crippen LogP contribution is -2.22. The molecule has 0 fully saturated rings. The van der Waals surface area contributed by atoms with Gasteiger partial charge in [-0.25, -0.2) is 17.2 Å². The molecule has 88 valence electrons. The molecule has 1 aromatic carbocycles. The molecular weight excluding hydrogens is 269 g/mol. The number of hydrogen-bond acceptors (Lipinski definition) is 4. The van der Waals surface area contributed by atoms with Gasteiger partial charge in [-0.15, -0.1) is 0 Å². The van der Waals surface area contributed by atoms with E-state index in [2.05, 4.69) is 12.2 Å². The van der Waals surface area contributed by atoms with Crippen LogP contribution in [0.4, 0.5) is 0 Å². The van der Waals surface area contributed by atoms with Crippen molar-refractivity contribution in [1.82, 2.24) is 4.31 Å². The molecule has 0 bridgehead atoms. The third kappa shape index (κ3) is 3.18. The first-order valence-corrected chi connectivity index (χ1v) is 7.98. The second kappa shape index (κ2) is 5.14. The Labute approximate surface area is 100 Å². The van der Waals surface area contributed by atoms with Gasteiger partial charge in [-0.05, 0) is 28.8 Å². The number of hydrogen-bond donors (Lipinski definition) is 1. The van der Waals surface area contributed by atoms with Crippen molar-refractivity contribution in [3.05, 3.63) is 24.3 Å². The van der Waals surface area contributed by atoms with Crippen LogP contribution in [-0.4, -0.2) is 26.8 Å². The van der Waals surface area contributed by atoms with Crippen molar-refractivity contribution in [3.8, 4) is 5.75 Å². The van der Waals surface area contributed by atoms with Gasteiger partial charge in [0, 0.05) is 14.1 Å². The normalized spacial score (nSPS) is 12.6. The van der Waals surface area contributed by atoms with Crippen molar-refractivity contribution < 1.29 is 17.5 Å². The Morgan fingerprint density at radius 3 is 2.12 bits per heavy atom. The fourth-order valence-electron chi connectivity index (χ4n) is 0.973. The number of nitrogens with zero attached hydrogens (tertiary/aromatic N) is 1. The summed E-state index contributed by atoms with van der Waals surface area (Å²) in [4.78, 5) is 0.152. The molecule has 0 saturated heterocycles. The van der Waals surface area contributed by atoms with Crippen molar-refractivity contribution in [2.45, 2.75) is 4.90 Å². The van der Waals surface area contributed by atoms with Gasteiger partial charge in [-0.3, -0.25) is 0 Å². The number of sulfonamides is 1. The monoisotopic (exact) mass is 280 g/mol. The summed E-state index contributed by atoms with van der Waals surface area (Å²) in [7, 11) is -2.58. The number of thiol groups is 1. The summed E-state index contributed by atoms with van der Waals surface area (Å²) in [5.41, 5.74) is 0. The van der Waals surface area contributed by atoms with Crippen molar-refractivity contribution in [2.75, 3.05) is 14.1 Å². The van der Waals surface area contributed by atoms with E-state index in [1.807, 2.05) is 0 Å². The summed E-state index contributed by atoms with van der Waals surface area (Å²) >= 11 is 3.59. The van der Waals surface area contributed by atoms with E-state index in [4.69, 9.17) is 4.52 Å². The summed E-state index contributed by atoms with van der Waals surface area (Å²) in [6.07, 6.45) is 0. The van der Waals surface area contributed by atoms with Crippen LogP contribution in [0.1, 0.15) is 0 Å². The molecule has 0 heterocycles. The van der Waals surface area contributed by atoms with Crippen molar-refractivity contribution in [3.63, 3.8) is 0 Å². The molecule has 0 amide bonds. The summed E-state index contributed by atoms with van der Waals surface area (Å²) in [5, 5.41) is 0. The Bertz CT molecular complexity index is 483. The van der Waals surface area contributed by atoms with Crippen LogP contribution in [0.3, 0.4) is 0 Å². The molecule has 0 aliphatic rings. The lowest BCUT2D eigenvalue weighted by atomic mass is 10.3. The molecule has 0 spiro atoms. The van der Waals surface area contributed by atoms with Crippen LogP contribution in [0.2, 0.25) is 0 Å². The number of benzene rings is 1. The van der Waals surface area contributed by atoms with Crippen LogP contribution in [0, 0.1) is 0 Å². The van der Waals surface area contributed by atoms with E-state index in [1.54, 1.807) is 0 Å². The van der Waals surface area contributed by atoms with Gasteiger partial charge in [0.05, 0.1) is 4.90 Å². The van der Waals surface area contributed by atoms with E-state index in [0.29, 0.717) is 5.75 Å². The van der Waals surface area contributed by atoms with Gasteiger partial charge in [0.2, 0.25) is 10.0 Å². The first-order valence-electron chi connectivity index (χ1n) is 4.21. The van der Waals surface area contributed by atoms with Crippen LogP contribution in [0.15, 0.2) is 29.2 Å². The number of rotatable bonds is 4. The summed E-state index contributed by atoms with van der Waals surface area (Å²) in [5.74, 6) is 0.314. The summed E-state index contributed by atoms with van der Waals surface area (Å²) < 4.78 is 39.9. The highest BCUT2D eigenvalue weighted by atomic mass is 32.7. The molecule has 0 saturated carbocycles. The zero-order valence-electron chi connectivity index (χ0n) is 8.69. The van der Waals surface area contributed by atoms with Crippen molar-refractivity contribution >= 4 is 29.5 Å². The van der Waals surface area contributed by atoms with Gasteiger partial charge < -0.3 is 0 Å². The molecule has 16 heavy (non-hydrogen) atoms. The van der Waals surface area contributed by atoms with Gasteiger partial charge in [0.15, 0.2) is 18.0 Å². The molecule has 0 N–H and O–H groups in total. The highest BCUT2D eigenvalue weighted by Gasteiger charge is 2.18. The van der Waals surface area contributed by atoms with Gasteiger partial charge in [0.25, 0.3) is 0 Å². The van der Waals surface area contributed by atoms with Crippen LogP contribution in [0.5, 0.6) is 5.75 Å². The topological polar surface area (TPSA) is 63.7 Å². The first-order chi connectivity index (χ1) is 7.34. The van der Waals surface area contributed by atoms with Crippen LogP contribution in [-0.2, 0) is 14.6 Å². The van der Waals surface area contributed by atoms with Crippen LogP contribution in [0.25, 0.3) is 0 Å². The SMILES string of the molecule is CN(C)S(=O)(=O)c1ccc(O[P+](=O)S)cc1. The predicted molar refractivity (Wildman–Crippen MR) is 64.5 cm³/mol. The van der Waals surface area contributed by atoms with E-state index >= 15 is 0 Å². The smallest absolute Gasteiger partial charge is 0.245 e. The molecule has 0 radical (unpaired) electrons. The average Bonchev–Trinajstić information content (AvgIpc) is 2.17. The lowest BCUT2D eigenvalue weighted by molar-refractivity contribution is 0.518. The lowest BCUT2D eigenvalue weighted by Gasteiger charge is -2.10. The minimum Gasteiger partial charge on any atom is -0.245 e. The van der Waals surface area contributed by atoms with Gasteiger partial charge >= 0.3 is 7.23 Å². The zero-order chi connectivity index (χ0) is 12.3. The van der Waals surface area contributed by atoms with E-state index in [1.165, 1.54) is 38.4 Å². The highest BCUT2D eigenvalue weighted by molar-refractivity contribution is 8.39. The van der Waals surface area contributed by atoms with Gasteiger partial charge in [-0.1, -0.05) is 0 Å². The van der Waals surface area contributed by atoms with Gasteiger partial charge in [0.1, 0.15) is 0 Å². The van der Waals surface area contributed by atoms with E-state index in [-0.39, 0.29) is 4.90 Å². The van der Waals surface area contributed by atoms with Crippen LogP contribution >= 0.6 is 19.5 Å². The predicted octanol–water partition coefficient (Wildman–Crippen LogP) is 1.90. The minimum atomic E-state index is -3.44. The second-order valence-corrected chi connectivity index (χ2v) is 6.88. The fraction of sp³-hybridized carbons (Fsp3) is 0.250. The second-order valence-electron chi connectivity index (χ2n) is 3.09. The standard InChI is InChI=1S/C8H10NO4PS2/c1-9(2)16(11,12)8-5-3-7(4-6-8)13-14(10)15/h3-6H,1-2H3/p+1. The van der Waals surface area contributed by atoms with Gasteiger partial charge in [-0.2, -0.15) is 0 Å².